The lowest BCUT2D eigenvalue weighted by atomic mass is 9.85. The molecule has 2 heterocycles. The first-order valence-corrected chi connectivity index (χ1v) is 29.8. The maximum atomic E-state index is 14.7. The fourth-order valence-corrected chi connectivity index (χ4v) is 13.4. The lowest BCUT2D eigenvalue weighted by Gasteiger charge is -2.41. The van der Waals surface area contributed by atoms with Crippen molar-refractivity contribution in [3.63, 3.8) is 0 Å². The van der Waals surface area contributed by atoms with Crippen LogP contribution in [0.25, 0.3) is 0 Å². The molecule has 4 rings (SSSR count). The van der Waals surface area contributed by atoms with E-state index in [1.165, 1.54) is 14.2 Å². The van der Waals surface area contributed by atoms with Gasteiger partial charge in [-0.1, -0.05) is 78.3 Å². The molecule has 3 aliphatic rings. The number of carbonyl (C=O) groups is 5. The molecule has 0 aromatic heterocycles. The van der Waals surface area contributed by atoms with Crippen LogP contribution in [0.1, 0.15) is 105 Å². The number of amides is 3. The monoisotopic (exact) mass is 1050 g/mol. The quantitative estimate of drug-likeness (QED) is 0.0927. The van der Waals surface area contributed by atoms with Crippen molar-refractivity contribution in [2.24, 2.45) is 29.6 Å². The number of piperidine rings is 1. The van der Waals surface area contributed by atoms with Crippen LogP contribution in [0.5, 0.6) is 0 Å². The summed E-state index contributed by atoms with van der Waals surface area (Å²) in [7, 11) is -2.00. The second-order valence-corrected chi connectivity index (χ2v) is 25.3. The van der Waals surface area contributed by atoms with Gasteiger partial charge in [0.2, 0.25) is 17.7 Å². The van der Waals surface area contributed by atoms with Gasteiger partial charge in [-0.15, -0.1) is 0 Å². The first-order chi connectivity index (χ1) is 34.1. The molecule has 2 bridgehead atoms. The Hall–Kier alpha value is -3.53. The molecule has 3 fully saturated rings. The zero-order chi connectivity index (χ0) is 53.3. The molecule has 0 spiro atoms. The van der Waals surface area contributed by atoms with E-state index in [4.69, 9.17) is 18.9 Å². The van der Waals surface area contributed by atoms with E-state index in [9.17, 15) is 45.9 Å². The van der Waals surface area contributed by atoms with Crippen LogP contribution in [-0.2, 0) is 69.0 Å². The van der Waals surface area contributed by atoms with Crippen LogP contribution in [-0.4, -0.2) is 192 Å². The summed E-state index contributed by atoms with van der Waals surface area (Å²) >= 11 is 0. The van der Waals surface area contributed by atoms with E-state index in [2.05, 4.69) is 5.32 Å². The van der Waals surface area contributed by atoms with Gasteiger partial charge >= 0.3 is 5.97 Å². The largest absolute Gasteiger partial charge is 0.481 e. The van der Waals surface area contributed by atoms with E-state index in [0.717, 1.165) is 24.8 Å². The van der Waals surface area contributed by atoms with Crippen molar-refractivity contribution in [1.82, 2.24) is 20.0 Å². The Morgan fingerprint density at radius 2 is 1.47 bits per heavy atom. The molecule has 1 saturated carbocycles. The maximum Gasteiger partial charge on any atom is 0.307 e. The van der Waals surface area contributed by atoms with Gasteiger partial charge in [0.1, 0.15) is 11.8 Å². The molecule has 20 heteroatoms. The number of sulfone groups is 2. The van der Waals surface area contributed by atoms with Gasteiger partial charge in [0.25, 0.3) is 0 Å². The number of rotatable bonds is 34. The van der Waals surface area contributed by atoms with Crippen LogP contribution in [0.2, 0.25) is 0 Å². The van der Waals surface area contributed by atoms with Crippen molar-refractivity contribution < 1.29 is 64.9 Å². The number of hydrogen-bond donors (Lipinski definition) is 2. The van der Waals surface area contributed by atoms with E-state index in [-0.39, 0.29) is 123 Å². The fraction of sp³-hybridized carbons (Fsp3) is 0.788. The van der Waals surface area contributed by atoms with Gasteiger partial charge in [0.15, 0.2) is 19.7 Å². The molecule has 410 valence electrons. The van der Waals surface area contributed by atoms with Crippen molar-refractivity contribution in [3.05, 3.63) is 35.9 Å². The number of ketones is 1. The number of methoxy groups -OCH3 is 2. The highest BCUT2D eigenvalue weighted by atomic mass is 32.2. The molecule has 18 nitrogen and oxygen atoms in total. The Morgan fingerprint density at radius 1 is 0.833 bits per heavy atom. The third-order valence-corrected chi connectivity index (χ3v) is 18.7. The number of hydrogen-bond acceptors (Lipinski definition) is 14. The third kappa shape index (κ3) is 17.3. The summed E-state index contributed by atoms with van der Waals surface area (Å²) in [4.78, 5) is 74.8. The zero-order valence-corrected chi connectivity index (χ0v) is 46.0. The number of likely N-dealkylation sites (N-methyl/N-ethyl adjacent to an activating group) is 1. The number of fused-ring (bicyclic) bond motifs is 2. The van der Waals surface area contributed by atoms with Gasteiger partial charge < -0.3 is 39.2 Å². The molecule has 1 aromatic carbocycles. The number of Topliss-reactive ketones (excluding diaryl/α,β-unsaturated/α-hetero) is 1. The number of likely N-dealkylation sites (tertiary alicyclic amines) is 2. The Balaban J connectivity index is 1.38. The number of nitrogens with zero attached hydrogens (tertiary/aromatic N) is 3. The van der Waals surface area contributed by atoms with Crippen LogP contribution in [0.15, 0.2) is 30.3 Å². The average Bonchev–Trinajstić information content (AvgIpc) is 4.11. The Bertz CT molecular complexity index is 2130. The fourth-order valence-electron chi connectivity index (χ4n) is 11.1. The van der Waals surface area contributed by atoms with Crippen LogP contribution in [0, 0.1) is 29.6 Å². The van der Waals surface area contributed by atoms with E-state index in [1.807, 2.05) is 62.9 Å². The number of benzene rings is 1. The molecular weight excluding hydrogens is 969 g/mol. The summed E-state index contributed by atoms with van der Waals surface area (Å²) in [6, 6.07) is 6.71. The highest BCUT2D eigenvalue weighted by molar-refractivity contribution is 7.91. The minimum atomic E-state index is -3.55. The van der Waals surface area contributed by atoms with Gasteiger partial charge in [-0.25, -0.2) is 16.8 Å². The Morgan fingerprint density at radius 3 is 2.04 bits per heavy atom. The summed E-state index contributed by atoms with van der Waals surface area (Å²) in [5, 5.41) is 13.1. The van der Waals surface area contributed by atoms with E-state index in [0.29, 0.717) is 32.2 Å². The zero-order valence-electron chi connectivity index (χ0n) is 44.4. The molecular formula is C52H86N4O14S2. The van der Waals surface area contributed by atoms with Crippen molar-refractivity contribution in [1.29, 1.82) is 0 Å². The summed E-state index contributed by atoms with van der Waals surface area (Å²) in [6.07, 6.45) is 3.48. The number of carboxylic acids is 1. The molecule has 0 unspecified atom stereocenters. The molecule has 72 heavy (non-hydrogen) atoms. The summed E-state index contributed by atoms with van der Waals surface area (Å²) in [6.45, 7) is 12.1. The minimum absolute atomic E-state index is 0.0184. The number of ether oxygens (including phenoxy) is 4. The molecule has 0 radical (unpaired) electrons. The van der Waals surface area contributed by atoms with Gasteiger partial charge in [-0.05, 0) is 68.3 Å². The average molecular weight is 1060 g/mol. The van der Waals surface area contributed by atoms with Crippen LogP contribution >= 0.6 is 0 Å². The first kappa shape index (κ1) is 61.0. The normalized spacial score (nSPS) is 22.3. The van der Waals surface area contributed by atoms with Crippen molar-refractivity contribution in [2.45, 2.75) is 148 Å². The predicted octanol–water partition coefficient (Wildman–Crippen LogP) is 4.08. The molecule has 3 amide bonds. The van der Waals surface area contributed by atoms with E-state index in [1.54, 1.807) is 30.7 Å². The number of carbonyl (C=O) groups excluding carboxylic acids is 4. The number of aliphatic carboxylic acids is 1. The molecule has 2 N–H and O–H groups in total. The Kier molecular flexibility index (Phi) is 24.5. The topological polar surface area (TPSA) is 233 Å². The van der Waals surface area contributed by atoms with Crippen LogP contribution in [0.4, 0.5) is 0 Å². The lowest BCUT2D eigenvalue weighted by molar-refractivity contribution is -0.148. The SMILES string of the molecule is CCCS(=O)(=O)CCOCCOCCS(=O)(=O)CCN1[C@H]2CC[C@@H](C2)[C@H]1C(=O)N[C@H](C(=O)N(C)[C@@H]([C@@H](C)CC)[C@@H](CC(=O)N1CCC[C@H]1[C@H](OC)[C@@H](C)C(=O)C[C@@H](Cc1ccccc1)C(=O)O)OC)C(C)C. The second-order valence-electron chi connectivity index (χ2n) is 20.7. The summed E-state index contributed by atoms with van der Waals surface area (Å²) in [5.41, 5.74) is 0.824. The standard InChI is InChI=1S/C52H86N4O14S2/c1-10-27-71(63,64)29-25-69-23-24-70-26-30-72(65,66)28-22-55-41-20-19-39(32-41)48(55)50(59)53-46(35(3)4)51(60)54(7)47(36(5)11-2)44(67-8)34-45(58)56-21-15-18-42(56)49(68-9)37(6)43(57)33-40(52(61)62)31-38-16-13-12-14-17-38/h12-14,16-17,35-37,39-42,44,46-49H,10-11,15,18-34H2,1-9H3,(H,53,59)(H,61,62)/t36-,37-,39-,40+,41-,42-,44+,46-,47-,48-,49+/m0/s1. The molecule has 2 saturated heterocycles. The number of carboxylic acid groups (broad SMARTS) is 1. The summed E-state index contributed by atoms with van der Waals surface area (Å²) < 4.78 is 72.9. The first-order valence-electron chi connectivity index (χ1n) is 26.1. The van der Waals surface area contributed by atoms with E-state index >= 15 is 0 Å². The van der Waals surface area contributed by atoms with Crippen molar-refractivity contribution in [3.8, 4) is 0 Å². The smallest absolute Gasteiger partial charge is 0.307 e. The molecule has 1 aromatic rings. The van der Waals surface area contributed by atoms with Crippen molar-refractivity contribution in [2.75, 3.05) is 83.8 Å². The number of nitrogens with one attached hydrogen (secondary N) is 1. The van der Waals surface area contributed by atoms with Gasteiger partial charge in [0.05, 0.1) is 86.4 Å². The highest BCUT2D eigenvalue weighted by Crippen LogP contribution is 2.42. The van der Waals surface area contributed by atoms with Crippen LogP contribution < -0.4 is 5.32 Å². The van der Waals surface area contributed by atoms with Gasteiger partial charge in [-0.2, -0.15) is 0 Å². The second kappa shape index (κ2) is 29.0. The Labute approximate surface area is 429 Å². The highest BCUT2D eigenvalue weighted by Gasteiger charge is 2.50. The minimum Gasteiger partial charge on any atom is -0.481 e. The third-order valence-electron chi connectivity index (χ3n) is 15.3. The van der Waals surface area contributed by atoms with Gasteiger partial charge in [-0.3, -0.25) is 28.9 Å². The lowest BCUT2D eigenvalue weighted by Crippen LogP contribution is -2.60. The molecule has 2 aliphatic heterocycles. The van der Waals surface area contributed by atoms with Crippen LogP contribution in [0.3, 0.4) is 0 Å². The maximum absolute atomic E-state index is 14.7. The molecule has 11 atom stereocenters. The van der Waals surface area contributed by atoms with E-state index < -0.39 is 73.9 Å². The predicted molar refractivity (Wildman–Crippen MR) is 275 cm³/mol. The van der Waals surface area contributed by atoms with Crippen molar-refractivity contribution >= 4 is 49.1 Å². The van der Waals surface area contributed by atoms with Gasteiger partial charge in [0, 0.05) is 58.5 Å². The molecule has 1 aliphatic carbocycles. The summed E-state index contributed by atoms with van der Waals surface area (Å²) in [5.74, 6) is -4.54.